The molecule has 1 heterocycles. The number of nitrogens with one attached hydrogen (secondary N) is 1. The predicted molar refractivity (Wildman–Crippen MR) is 86.9 cm³/mol. The SMILES string of the molecule is CCN(CC)C(=O)[C@@H]1CCCc2c1[nH]c1ccc(Cl)cc21. The van der Waals surface area contributed by atoms with Crippen LogP contribution >= 0.6 is 11.6 Å². The summed E-state index contributed by atoms with van der Waals surface area (Å²) < 4.78 is 0. The van der Waals surface area contributed by atoms with Gasteiger partial charge in [0.15, 0.2) is 0 Å². The highest BCUT2D eigenvalue weighted by Gasteiger charge is 2.31. The van der Waals surface area contributed by atoms with Crippen molar-refractivity contribution in [3.05, 3.63) is 34.5 Å². The monoisotopic (exact) mass is 304 g/mol. The van der Waals surface area contributed by atoms with E-state index in [0.29, 0.717) is 0 Å². The second kappa shape index (κ2) is 5.72. The third-order valence-corrected chi connectivity index (χ3v) is 4.78. The van der Waals surface area contributed by atoms with E-state index in [-0.39, 0.29) is 11.8 Å². The molecule has 21 heavy (non-hydrogen) atoms. The van der Waals surface area contributed by atoms with E-state index >= 15 is 0 Å². The van der Waals surface area contributed by atoms with Crippen LogP contribution in [0.25, 0.3) is 10.9 Å². The molecule has 0 bridgehead atoms. The number of amides is 1. The lowest BCUT2D eigenvalue weighted by atomic mass is 9.86. The Morgan fingerprint density at radius 1 is 1.38 bits per heavy atom. The van der Waals surface area contributed by atoms with E-state index in [1.54, 1.807) is 0 Å². The summed E-state index contributed by atoms with van der Waals surface area (Å²) in [5, 5.41) is 1.93. The molecule has 0 unspecified atom stereocenters. The molecule has 0 radical (unpaired) electrons. The van der Waals surface area contributed by atoms with Crippen LogP contribution in [0.5, 0.6) is 0 Å². The largest absolute Gasteiger partial charge is 0.357 e. The molecule has 112 valence electrons. The molecule has 3 nitrogen and oxygen atoms in total. The molecule has 0 aliphatic heterocycles. The number of carbonyl (C=O) groups is 1. The topological polar surface area (TPSA) is 36.1 Å². The summed E-state index contributed by atoms with van der Waals surface area (Å²) in [7, 11) is 0. The standard InChI is InChI=1S/C17H21ClN2O/c1-3-20(4-2)17(21)13-7-5-6-12-14-10-11(18)8-9-15(14)19-16(12)13/h8-10,13,19H,3-7H2,1-2H3/t13-/m1/s1. The third kappa shape index (κ3) is 2.44. The zero-order valence-corrected chi connectivity index (χ0v) is 13.3. The summed E-state index contributed by atoms with van der Waals surface area (Å²) >= 11 is 6.12. The molecule has 1 aliphatic rings. The lowest BCUT2D eigenvalue weighted by molar-refractivity contribution is -0.132. The zero-order valence-electron chi connectivity index (χ0n) is 12.6. The quantitative estimate of drug-likeness (QED) is 0.910. The van der Waals surface area contributed by atoms with E-state index < -0.39 is 0 Å². The van der Waals surface area contributed by atoms with Crippen molar-refractivity contribution in [3.8, 4) is 0 Å². The molecule has 1 amide bonds. The lowest BCUT2D eigenvalue weighted by Gasteiger charge is -2.28. The molecule has 0 saturated carbocycles. The van der Waals surface area contributed by atoms with Crippen LogP contribution in [0.1, 0.15) is 43.9 Å². The van der Waals surface area contributed by atoms with Crippen LogP contribution in [-0.2, 0) is 11.2 Å². The van der Waals surface area contributed by atoms with E-state index in [9.17, 15) is 4.79 Å². The second-order valence-electron chi connectivity index (χ2n) is 5.66. The van der Waals surface area contributed by atoms with Gasteiger partial charge in [-0.1, -0.05) is 11.6 Å². The predicted octanol–water partition coefficient (Wildman–Crippen LogP) is 4.11. The fourth-order valence-electron chi connectivity index (χ4n) is 3.44. The molecule has 1 aliphatic carbocycles. The molecule has 1 atom stereocenters. The number of aromatic nitrogens is 1. The first-order valence-corrected chi connectivity index (χ1v) is 8.12. The number of carbonyl (C=O) groups excluding carboxylic acids is 1. The Hall–Kier alpha value is -1.48. The van der Waals surface area contributed by atoms with Gasteiger partial charge in [0.2, 0.25) is 5.91 Å². The van der Waals surface area contributed by atoms with Crippen LogP contribution < -0.4 is 0 Å². The number of benzene rings is 1. The molecular weight excluding hydrogens is 284 g/mol. The van der Waals surface area contributed by atoms with Crippen LogP contribution in [-0.4, -0.2) is 28.9 Å². The Morgan fingerprint density at radius 2 is 2.14 bits per heavy atom. The van der Waals surface area contributed by atoms with E-state index in [4.69, 9.17) is 11.6 Å². The van der Waals surface area contributed by atoms with Crippen LogP contribution in [0.4, 0.5) is 0 Å². The van der Waals surface area contributed by atoms with Crippen molar-refractivity contribution in [1.82, 2.24) is 9.88 Å². The first-order valence-electron chi connectivity index (χ1n) is 7.74. The number of nitrogens with zero attached hydrogens (tertiary/aromatic N) is 1. The van der Waals surface area contributed by atoms with Crippen LogP contribution in [0, 0.1) is 0 Å². The van der Waals surface area contributed by atoms with Gasteiger partial charge in [-0.3, -0.25) is 4.79 Å². The number of likely N-dealkylation sites (N-methyl/N-ethyl adjacent to an activating group) is 1. The first-order chi connectivity index (χ1) is 10.2. The summed E-state index contributed by atoms with van der Waals surface area (Å²) in [4.78, 5) is 18.1. The smallest absolute Gasteiger partial charge is 0.231 e. The minimum atomic E-state index is -0.0279. The normalized spacial score (nSPS) is 17.8. The van der Waals surface area contributed by atoms with Gasteiger partial charge in [-0.15, -0.1) is 0 Å². The molecule has 1 aromatic heterocycles. The highest BCUT2D eigenvalue weighted by Crippen LogP contribution is 2.37. The van der Waals surface area contributed by atoms with Crippen molar-refractivity contribution in [2.45, 2.75) is 39.0 Å². The summed E-state index contributed by atoms with van der Waals surface area (Å²) in [6.45, 7) is 5.62. The molecule has 4 heteroatoms. The Bertz CT molecular complexity index is 673. The van der Waals surface area contributed by atoms with Gasteiger partial charge in [0.25, 0.3) is 0 Å². The number of H-pyrrole nitrogens is 1. The zero-order chi connectivity index (χ0) is 15.0. The maximum Gasteiger partial charge on any atom is 0.231 e. The maximum absolute atomic E-state index is 12.7. The summed E-state index contributed by atoms with van der Waals surface area (Å²) in [6, 6.07) is 5.92. The van der Waals surface area contributed by atoms with E-state index in [0.717, 1.165) is 48.6 Å². The van der Waals surface area contributed by atoms with Gasteiger partial charge in [-0.2, -0.15) is 0 Å². The average Bonchev–Trinajstić information content (AvgIpc) is 2.86. The molecule has 1 aromatic carbocycles. The number of aromatic amines is 1. The summed E-state index contributed by atoms with van der Waals surface area (Å²) in [6.07, 6.45) is 3.02. The number of hydrogen-bond acceptors (Lipinski definition) is 1. The number of hydrogen-bond donors (Lipinski definition) is 1. The van der Waals surface area contributed by atoms with Crippen molar-refractivity contribution in [2.75, 3.05) is 13.1 Å². The van der Waals surface area contributed by atoms with Crippen molar-refractivity contribution in [2.24, 2.45) is 0 Å². The Morgan fingerprint density at radius 3 is 2.86 bits per heavy atom. The molecule has 0 saturated heterocycles. The molecule has 0 spiro atoms. The summed E-state index contributed by atoms with van der Waals surface area (Å²) in [5.41, 5.74) is 3.48. The van der Waals surface area contributed by atoms with Gasteiger partial charge in [-0.05, 0) is 56.9 Å². The van der Waals surface area contributed by atoms with E-state index in [1.807, 2.05) is 36.9 Å². The van der Waals surface area contributed by atoms with Crippen LogP contribution in [0.15, 0.2) is 18.2 Å². The van der Waals surface area contributed by atoms with Gasteiger partial charge in [0.05, 0.1) is 5.92 Å². The van der Waals surface area contributed by atoms with Crippen molar-refractivity contribution in [3.63, 3.8) is 0 Å². The number of rotatable bonds is 3. The lowest BCUT2D eigenvalue weighted by Crippen LogP contribution is -2.36. The molecular formula is C17H21ClN2O. The number of fused-ring (bicyclic) bond motifs is 3. The number of aryl methyl sites for hydroxylation is 1. The highest BCUT2D eigenvalue weighted by atomic mass is 35.5. The Kier molecular flexibility index (Phi) is 3.94. The van der Waals surface area contributed by atoms with Crippen LogP contribution in [0.3, 0.4) is 0 Å². The third-order valence-electron chi connectivity index (χ3n) is 4.54. The molecule has 3 rings (SSSR count). The van der Waals surface area contributed by atoms with E-state index in [2.05, 4.69) is 4.98 Å². The van der Waals surface area contributed by atoms with Crippen molar-refractivity contribution < 1.29 is 4.79 Å². The summed E-state index contributed by atoms with van der Waals surface area (Å²) in [5.74, 6) is 0.221. The minimum absolute atomic E-state index is 0.0279. The second-order valence-corrected chi connectivity index (χ2v) is 6.10. The van der Waals surface area contributed by atoms with Crippen LogP contribution in [0.2, 0.25) is 5.02 Å². The van der Waals surface area contributed by atoms with E-state index in [1.165, 1.54) is 10.9 Å². The Balaban J connectivity index is 2.06. The molecule has 2 aromatic rings. The number of halogens is 1. The van der Waals surface area contributed by atoms with Crippen molar-refractivity contribution in [1.29, 1.82) is 0 Å². The minimum Gasteiger partial charge on any atom is -0.357 e. The van der Waals surface area contributed by atoms with Gasteiger partial charge in [0, 0.05) is 34.7 Å². The van der Waals surface area contributed by atoms with Gasteiger partial charge >= 0.3 is 0 Å². The average molecular weight is 305 g/mol. The van der Waals surface area contributed by atoms with Crippen molar-refractivity contribution >= 4 is 28.4 Å². The van der Waals surface area contributed by atoms with Gasteiger partial charge in [0.1, 0.15) is 0 Å². The van der Waals surface area contributed by atoms with Gasteiger partial charge < -0.3 is 9.88 Å². The molecule has 0 fully saturated rings. The Labute approximate surface area is 130 Å². The fourth-order valence-corrected chi connectivity index (χ4v) is 3.61. The molecule has 1 N–H and O–H groups in total. The maximum atomic E-state index is 12.7. The first kappa shape index (κ1) is 14.5. The van der Waals surface area contributed by atoms with Gasteiger partial charge in [-0.25, -0.2) is 0 Å². The fraction of sp³-hybridized carbons (Fsp3) is 0.471. The highest BCUT2D eigenvalue weighted by molar-refractivity contribution is 6.31.